The smallest absolute Gasteiger partial charge is 0.133 e. The summed E-state index contributed by atoms with van der Waals surface area (Å²) >= 11 is 3.24. The summed E-state index contributed by atoms with van der Waals surface area (Å²) in [6, 6.07) is 4.96. The third kappa shape index (κ3) is 3.86. The van der Waals surface area contributed by atoms with Crippen LogP contribution in [0, 0.1) is 5.82 Å². The topological polar surface area (TPSA) is 49.9 Å². The van der Waals surface area contributed by atoms with Crippen molar-refractivity contribution in [2.75, 3.05) is 20.3 Å². The van der Waals surface area contributed by atoms with Gasteiger partial charge in [0, 0.05) is 23.7 Å². The summed E-state index contributed by atoms with van der Waals surface area (Å²) in [5, 5.41) is 3.17. The highest BCUT2D eigenvalue weighted by Crippen LogP contribution is 2.23. The lowest BCUT2D eigenvalue weighted by molar-refractivity contribution is 0.199. The lowest BCUT2D eigenvalue weighted by Crippen LogP contribution is -2.19. The van der Waals surface area contributed by atoms with Crippen LogP contribution in [-0.2, 0) is 11.3 Å². The van der Waals surface area contributed by atoms with Crippen molar-refractivity contribution in [1.82, 2.24) is 15.3 Å². The van der Waals surface area contributed by atoms with Gasteiger partial charge in [-0.25, -0.2) is 9.37 Å². The van der Waals surface area contributed by atoms with Crippen molar-refractivity contribution in [3.8, 4) is 11.3 Å². The number of rotatable bonds is 6. The third-order valence-corrected chi connectivity index (χ3v) is 3.12. The highest BCUT2D eigenvalue weighted by Gasteiger charge is 2.08. The van der Waals surface area contributed by atoms with Crippen LogP contribution >= 0.6 is 15.9 Å². The number of aromatic amines is 1. The first-order chi connectivity index (χ1) is 9.20. The van der Waals surface area contributed by atoms with E-state index in [1.807, 2.05) is 0 Å². The van der Waals surface area contributed by atoms with E-state index < -0.39 is 0 Å². The fraction of sp³-hybridized carbons (Fsp3) is 0.308. The lowest BCUT2D eigenvalue weighted by Gasteiger charge is -2.02. The fourth-order valence-corrected chi connectivity index (χ4v) is 2.01. The van der Waals surface area contributed by atoms with Gasteiger partial charge in [0.1, 0.15) is 11.6 Å². The van der Waals surface area contributed by atoms with Crippen molar-refractivity contribution in [1.29, 1.82) is 0 Å². The van der Waals surface area contributed by atoms with Crippen LogP contribution in [0.5, 0.6) is 0 Å². The van der Waals surface area contributed by atoms with Gasteiger partial charge in [0.2, 0.25) is 0 Å². The van der Waals surface area contributed by atoms with Gasteiger partial charge in [0.05, 0.1) is 25.0 Å². The molecular weight excluding hydrogens is 313 g/mol. The molecule has 0 saturated heterocycles. The zero-order valence-corrected chi connectivity index (χ0v) is 12.1. The van der Waals surface area contributed by atoms with Gasteiger partial charge in [-0.3, -0.25) is 0 Å². The minimum Gasteiger partial charge on any atom is -0.383 e. The molecule has 1 aromatic carbocycles. The van der Waals surface area contributed by atoms with Gasteiger partial charge in [-0.1, -0.05) is 15.9 Å². The standard InChI is InChI=1S/C13H15BrFN3O/c1-19-5-4-16-8-13-17-7-12(18-13)10-3-2-9(14)6-11(10)15/h2-3,6-7,16H,4-5,8H2,1H3,(H,17,18). The molecule has 4 nitrogen and oxygen atoms in total. The number of imidazole rings is 1. The van der Waals surface area contributed by atoms with E-state index in [0.29, 0.717) is 24.4 Å². The van der Waals surface area contributed by atoms with E-state index in [0.717, 1.165) is 16.8 Å². The monoisotopic (exact) mass is 327 g/mol. The molecule has 0 unspecified atom stereocenters. The van der Waals surface area contributed by atoms with Crippen LogP contribution in [0.4, 0.5) is 4.39 Å². The summed E-state index contributed by atoms with van der Waals surface area (Å²) in [4.78, 5) is 7.31. The molecule has 102 valence electrons. The second-order valence-corrected chi connectivity index (χ2v) is 4.95. The number of nitrogens with one attached hydrogen (secondary N) is 2. The van der Waals surface area contributed by atoms with Gasteiger partial charge in [-0.05, 0) is 18.2 Å². The minimum atomic E-state index is -0.281. The van der Waals surface area contributed by atoms with Gasteiger partial charge in [-0.2, -0.15) is 0 Å². The zero-order valence-electron chi connectivity index (χ0n) is 10.5. The highest BCUT2D eigenvalue weighted by molar-refractivity contribution is 9.10. The van der Waals surface area contributed by atoms with Crippen LogP contribution < -0.4 is 5.32 Å². The quantitative estimate of drug-likeness (QED) is 0.802. The number of ether oxygens (including phenoxy) is 1. The first kappa shape index (κ1) is 14.2. The molecule has 0 radical (unpaired) electrons. The van der Waals surface area contributed by atoms with Crippen molar-refractivity contribution in [3.63, 3.8) is 0 Å². The first-order valence-electron chi connectivity index (χ1n) is 5.89. The Kier molecular flexibility index (Phi) is 5.07. The Labute approximate surface area is 119 Å². The Bertz CT molecular complexity index is 544. The van der Waals surface area contributed by atoms with Crippen LogP contribution in [0.15, 0.2) is 28.9 Å². The molecule has 0 amide bonds. The number of halogens is 2. The molecule has 0 fully saturated rings. The number of H-pyrrole nitrogens is 1. The predicted octanol–water partition coefficient (Wildman–Crippen LogP) is 2.71. The SMILES string of the molecule is COCCNCc1ncc(-c2ccc(Br)cc2F)[nH]1. The molecule has 0 atom stereocenters. The lowest BCUT2D eigenvalue weighted by atomic mass is 10.1. The summed E-state index contributed by atoms with van der Waals surface area (Å²) in [6.07, 6.45) is 1.64. The van der Waals surface area contributed by atoms with Crippen LogP contribution in [0.25, 0.3) is 11.3 Å². The maximum Gasteiger partial charge on any atom is 0.133 e. The third-order valence-electron chi connectivity index (χ3n) is 2.63. The van der Waals surface area contributed by atoms with Crippen LogP contribution in [0.3, 0.4) is 0 Å². The highest BCUT2D eigenvalue weighted by atomic mass is 79.9. The van der Waals surface area contributed by atoms with E-state index in [2.05, 4.69) is 31.2 Å². The fourth-order valence-electron chi connectivity index (χ4n) is 1.68. The number of hydrogen-bond donors (Lipinski definition) is 2. The molecule has 0 aliphatic carbocycles. The molecule has 0 aliphatic heterocycles. The molecule has 0 spiro atoms. The second-order valence-electron chi connectivity index (χ2n) is 4.04. The number of nitrogens with zero attached hydrogens (tertiary/aromatic N) is 1. The number of hydrogen-bond acceptors (Lipinski definition) is 3. The van der Waals surface area contributed by atoms with Crippen LogP contribution in [-0.4, -0.2) is 30.2 Å². The van der Waals surface area contributed by atoms with Gasteiger partial charge in [0.25, 0.3) is 0 Å². The molecule has 0 saturated carbocycles. The van der Waals surface area contributed by atoms with Crippen molar-refractivity contribution in [3.05, 3.63) is 40.5 Å². The largest absolute Gasteiger partial charge is 0.383 e. The average molecular weight is 328 g/mol. The molecule has 0 aliphatic rings. The Morgan fingerprint density at radius 1 is 1.47 bits per heavy atom. The summed E-state index contributed by atoms with van der Waals surface area (Å²) < 4.78 is 19.4. The van der Waals surface area contributed by atoms with Gasteiger partial charge in [0.15, 0.2) is 0 Å². The van der Waals surface area contributed by atoms with Crippen LogP contribution in [0.1, 0.15) is 5.82 Å². The van der Waals surface area contributed by atoms with E-state index >= 15 is 0 Å². The Morgan fingerprint density at radius 3 is 3.05 bits per heavy atom. The van der Waals surface area contributed by atoms with E-state index in [4.69, 9.17) is 4.74 Å². The summed E-state index contributed by atoms with van der Waals surface area (Å²) in [7, 11) is 1.66. The van der Waals surface area contributed by atoms with Gasteiger partial charge < -0.3 is 15.0 Å². The Morgan fingerprint density at radius 2 is 2.32 bits per heavy atom. The molecular formula is C13H15BrFN3O. The summed E-state index contributed by atoms with van der Waals surface area (Å²) in [5.41, 5.74) is 1.19. The predicted molar refractivity (Wildman–Crippen MR) is 75.3 cm³/mol. The molecule has 0 bridgehead atoms. The van der Waals surface area contributed by atoms with Crippen molar-refractivity contribution in [2.45, 2.75) is 6.54 Å². The molecule has 6 heteroatoms. The summed E-state index contributed by atoms with van der Waals surface area (Å²) in [5.74, 6) is 0.491. The van der Waals surface area contributed by atoms with Crippen molar-refractivity contribution >= 4 is 15.9 Å². The first-order valence-corrected chi connectivity index (χ1v) is 6.69. The number of methoxy groups -OCH3 is 1. The average Bonchev–Trinajstić information content (AvgIpc) is 2.83. The molecule has 2 rings (SSSR count). The molecule has 2 N–H and O–H groups in total. The number of benzene rings is 1. The van der Waals surface area contributed by atoms with E-state index in [-0.39, 0.29) is 5.82 Å². The maximum absolute atomic E-state index is 13.8. The van der Waals surface area contributed by atoms with E-state index in [9.17, 15) is 4.39 Å². The van der Waals surface area contributed by atoms with Crippen molar-refractivity contribution < 1.29 is 9.13 Å². The van der Waals surface area contributed by atoms with Gasteiger partial charge >= 0.3 is 0 Å². The Hall–Kier alpha value is -1.24. The number of aromatic nitrogens is 2. The molecule has 1 aromatic heterocycles. The maximum atomic E-state index is 13.8. The Balaban J connectivity index is 2.04. The van der Waals surface area contributed by atoms with Crippen molar-refractivity contribution in [2.24, 2.45) is 0 Å². The zero-order chi connectivity index (χ0) is 13.7. The normalized spacial score (nSPS) is 10.9. The second kappa shape index (κ2) is 6.79. The molecule has 19 heavy (non-hydrogen) atoms. The van der Waals surface area contributed by atoms with E-state index in [1.165, 1.54) is 6.07 Å². The van der Waals surface area contributed by atoms with Gasteiger partial charge in [-0.15, -0.1) is 0 Å². The van der Waals surface area contributed by atoms with E-state index in [1.54, 1.807) is 25.4 Å². The minimum absolute atomic E-state index is 0.281. The molecule has 2 aromatic rings. The summed E-state index contributed by atoms with van der Waals surface area (Å²) in [6.45, 7) is 2.00. The molecule has 1 heterocycles. The van der Waals surface area contributed by atoms with Crippen LogP contribution in [0.2, 0.25) is 0 Å².